The van der Waals surface area contributed by atoms with E-state index in [-0.39, 0.29) is 11.3 Å². The summed E-state index contributed by atoms with van der Waals surface area (Å²) < 4.78 is 22.5. The summed E-state index contributed by atoms with van der Waals surface area (Å²) >= 11 is 0. The molecule has 2 rings (SSSR count). The van der Waals surface area contributed by atoms with Crippen LogP contribution in [0.25, 0.3) is 11.1 Å². The third-order valence-corrected chi connectivity index (χ3v) is 4.28. The number of aromatic nitrogens is 2. The first kappa shape index (κ1) is 15.2. The van der Waals surface area contributed by atoms with E-state index in [2.05, 4.69) is 10.2 Å². The topological polar surface area (TPSA) is 99.9 Å². The van der Waals surface area contributed by atoms with Gasteiger partial charge in [-0.25, -0.2) is 8.42 Å². The van der Waals surface area contributed by atoms with Crippen molar-refractivity contribution in [3.63, 3.8) is 0 Å². The van der Waals surface area contributed by atoms with Crippen LogP contribution in [0.2, 0.25) is 0 Å². The Morgan fingerprint density at radius 2 is 1.86 bits per heavy atom. The van der Waals surface area contributed by atoms with Crippen LogP contribution in [0.5, 0.6) is 0 Å². The third kappa shape index (κ3) is 3.49. The molecular formula is C14H16N2O4S. The summed E-state index contributed by atoms with van der Waals surface area (Å²) in [5.74, 6) is 0.0447. The summed E-state index contributed by atoms with van der Waals surface area (Å²) in [6.45, 7) is 1.81. The smallest absolute Gasteiger partial charge is 0.305 e. The highest BCUT2D eigenvalue weighted by Crippen LogP contribution is 2.22. The van der Waals surface area contributed by atoms with E-state index in [4.69, 9.17) is 0 Å². The van der Waals surface area contributed by atoms with Crippen molar-refractivity contribution in [1.29, 1.82) is 0 Å². The van der Waals surface area contributed by atoms with E-state index in [0.29, 0.717) is 12.0 Å². The molecule has 0 bridgehead atoms. The van der Waals surface area contributed by atoms with Gasteiger partial charge < -0.3 is 5.10 Å². The van der Waals surface area contributed by atoms with Crippen molar-refractivity contribution in [2.75, 3.05) is 12.0 Å². The number of nitrogens with one attached hydrogen (secondary N) is 2. The Balaban J connectivity index is 2.50. The summed E-state index contributed by atoms with van der Waals surface area (Å²) in [7, 11) is -3.05. The molecule has 0 saturated carbocycles. The molecule has 112 valence electrons. The van der Waals surface area contributed by atoms with Crippen LogP contribution in [-0.4, -0.2) is 30.6 Å². The van der Waals surface area contributed by atoms with Gasteiger partial charge in [-0.3, -0.25) is 14.7 Å². The molecule has 0 atom stereocenters. The molecule has 0 spiro atoms. The van der Waals surface area contributed by atoms with Crippen molar-refractivity contribution in [1.82, 2.24) is 10.2 Å². The molecule has 2 N–H and O–H groups in total. The summed E-state index contributed by atoms with van der Waals surface area (Å²) in [6, 6.07) is 5.31. The molecule has 0 saturated heterocycles. The minimum absolute atomic E-state index is 0.0447. The fourth-order valence-corrected chi connectivity index (χ4v) is 2.75. The van der Waals surface area contributed by atoms with E-state index < -0.39 is 20.8 Å². The Bertz CT molecular complexity index is 878. The van der Waals surface area contributed by atoms with Crippen molar-refractivity contribution in [2.45, 2.75) is 13.3 Å². The van der Waals surface area contributed by atoms with Gasteiger partial charge in [0.05, 0.1) is 11.3 Å². The van der Waals surface area contributed by atoms with Crippen LogP contribution in [-0.2, 0) is 16.3 Å². The van der Waals surface area contributed by atoms with Gasteiger partial charge in [-0.05, 0) is 30.0 Å². The molecule has 0 aliphatic carbocycles. The van der Waals surface area contributed by atoms with Gasteiger partial charge in [0, 0.05) is 12.5 Å². The second-order valence-electron chi connectivity index (χ2n) is 4.96. The Labute approximate surface area is 121 Å². The molecule has 0 fully saturated rings. The van der Waals surface area contributed by atoms with Crippen LogP contribution in [0.4, 0.5) is 0 Å². The average molecular weight is 308 g/mol. The highest BCUT2D eigenvalue weighted by Gasteiger charge is 2.12. The molecule has 1 aromatic carbocycles. The molecule has 0 aliphatic rings. The van der Waals surface area contributed by atoms with Crippen LogP contribution in [0.15, 0.2) is 34.0 Å². The number of aromatic amines is 2. The summed E-state index contributed by atoms with van der Waals surface area (Å²) in [5.41, 5.74) is 1.23. The van der Waals surface area contributed by atoms with Crippen molar-refractivity contribution in [2.24, 2.45) is 0 Å². The monoisotopic (exact) mass is 308 g/mol. The molecule has 7 heteroatoms. The molecule has 0 amide bonds. The minimum atomic E-state index is -3.05. The second kappa shape index (κ2) is 5.69. The Kier molecular flexibility index (Phi) is 4.13. The van der Waals surface area contributed by atoms with Gasteiger partial charge in [0.15, 0.2) is 0 Å². The Morgan fingerprint density at radius 1 is 1.14 bits per heavy atom. The standard InChI is InChI=1S/C14H16N2O4S/c1-9-10(6-7-21(2,19)20)4-3-5-11(9)12-8-15-16-14(18)13(12)17/h3-5,8H,6-7H2,1-2H3,(H,15,17)(H,16,18). The molecule has 0 aliphatic heterocycles. The zero-order chi connectivity index (χ0) is 15.6. The van der Waals surface area contributed by atoms with Gasteiger partial charge in [-0.15, -0.1) is 0 Å². The van der Waals surface area contributed by atoms with E-state index in [1.54, 1.807) is 12.1 Å². The maximum absolute atomic E-state index is 11.9. The minimum Gasteiger partial charge on any atom is -0.305 e. The average Bonchev–Trinajstić information content (AvgIpc) is 2.40. The molecule has 0 unspecified atom stereocenters. The van der Waals surface area contributed by atoms with Crippen LogP contribution in [0.3, 0.4) is 0 Å². The van der Waals surface area contributed by atoms with Crippen molar-refractivity contribution in [3.8, 4) is 11.1 Å². The first-order valence-corrected chi connectivity index (χ1v) is 8.42. The molecular weight excluding hydrogens is 292 g/mol. The number of rotatable bonds is 4. The first-order valence-electron chi connectivity index (χ1n) is 6.36. The lowest BCUT2D eigenvalue weighted by molar-refractivity contribution is 0.601. The largest absolute Gasteiger partial charge is 0.310 e. The van der Waals surface area contributed by atoms with E-state index in [9.17, 15) is 18.0 Å². The molecule has 0 radical (unpaired) electrons. The predicted octanol–water partition coefficient (Wildman–Crippen LogP) is 0.626. The molecule has 21 heavy (non-hydrogen) atoms. The zero-order valence-electron chi connectivity index (χ0n) is 11.8. The van der Waals surface area contributed by atoms with Gasteiger partial charge in [-0.1, -0.05) is 18.2 Å². The highest BCUT2D eigenvalue weighted by atomic mass is 32.2. The number of H-pyrrole nitrogens is 2. The van der Waals surface area contributed by atoms with Crippen LogP contribution < -0.4 is 11.0 Å². The van der Waals surface area contributed by atoms with E-state index in [0.717, 1.165) is 11.1 Å². The zero-order valence-corrected chi connectivity index (χ0v) is 12.6. The maximum atomic E-state index is 11.9. The lowest BCUT2D eigenvalue weighted by Gasteiger charge is -2.10. The molecule has 2 aromatic rings. The van der Waals surface area contributed by atoms with E-state index in [1.165, 1.54) is 12.5 Å². The summed E-state index contributed by atoms with van der Waals surface area (Å²) in [4.78, 5) is 23.3. The predicted molar refractivity (Wildman–Crippen MR) is 81.3 cm³/mol. The van der Waals surface area contributed by atoms with Crippen LogP contribution in [0.1, 0.15) is 11.1 Å². The van der Waals surface area contributed by atoms with Gasteiger partial charge in [0.2, 0.25) is 0 Å². The van der Waals surface area contributed by atoms with Gasteiger partial charge in [0.25, 0.3) is 5.43 Å². The summed E-state index contributed by atoms with van der Waals surface area (Å²) in [6.07, 6.45) is 3.00. The first-order chi connectivity index (χ1) is 9.79. The SMILES string of the molecule is Cc1c(CCS(C)(=O)=O)cccc1-c1c[nH][nH]c(=O)c1=O. The van der Waals surface area contributed by atoms with Gasteiger partial charge in [0.1, 0.15) is 9.84 Å². The number of benzene rings is 1. The second-order valence-corrected chi connectivity index (χ2v) is 7.21. The number of hydrogen-bond acceptors (Lipinski definition) is 4. The fourth-order valence-electron chi connectivity index (χ4n) is 2.16. The van der Waals surface area contributed by atoms with Crippen molar-refractivity contribution >= 4 is 9.84 Å². The lowest BCUT2D eigenvalue weighted by Crippen LogP contribution is -2.28. The van der Waals surface area contributed by atoms with Crippen LogP contribution in [0, 0.1) is 6.92 Å². The molecule has 6 nitrogen and oxygen atoms in total. The summed E-state index contributed by atoms with van der Waals surface area (Å²) in [5, 5.41) is 4.75. The van der Waals surface area contributed by atoms with Crippen LogP contribution >= 0.6 is 0 Å². The maximum Gasteiger partial charge on any atom is 0.310 e. The number of sulfone groups is 1. The third-order valence-electron chi connectivity index (χ3n) is 3.33. The van der Waals surface area contributed by atoms with Gasteiger partial charge in [-0.2, -0.15) is 0 Å². The van der Waals surface area contributed by atoms with Crippen molar-refractivity contribution < 1.29 is 8.42 Å². The fraction of sp³-hybridized carbons (Fsp3) is 0.286. The molecule has 1 heterocycles. The molecule has 1 aromatic heterocycles. The van der Waals surface area contributed by atoms with E-state index in [1.807, 2.05) is 13.0 Å². The Hall–Kier alpha value is -2.15. The highest BCUT2D eigenvalue weighted by molar-refractivity contribution is 7.90. The lowest BCUT2D eigenvalue weighted by atomic mass is 9.96. The number of hydrogen-bond donors (Lipinski definition) is 2. The number of aryl methyl sites for hydroxylation is 1. The van der Waals surface area contributed by atoms with Gasteiger partial charge >= 0.3 is 5.56 Å². The quantitative estimate of drug-likeness (QED) is 0.809. The van der Waals surface area contributed by atoms with E-state index >= 15 is 0 Å². The Morgan fingerprint density at radius 3 is 2.52 bits per heavy atom. The van der Waals surface area contributed by atoms with Crippen molar-refractivity contribution in [3.05, 3.63) is 56.1 Å². The normalized spacial score (nSPS) is 11.5.